The second-order valence-electron chi connectivity index (χ2n) is 7.21. The van der Waals surface area contributed by atoms with Crippen LogP contribution in [0.2, 0.25) is 0 Å². The molecule has 3 atom stereocenters. The maximum Gasteiger partial charge on any atom is 0.310 e. The summed E-state index contributed by atoms with van der Waals surface area (Å²) in [6.07, 6.45) is 4.86. The van der Waals surface area contributed by atoms with Crippen molar-refractivity contribution in [3.05, 3.63) is 53.3 Å². The fourth-order valence-electron chi connectivity index (χ4n) is 4.44. The molecule has 0 bridgehead atoms. The monoisotopic (exact) mass is 375 g/mol. The number of hydrogen-bond acceptors (Lipinski definition) is 4. The number of nitrogens with one attached hydrogen (secondary N) is 1. The van der Waals surface area contributed by atoms with E-state index in [-0.39, 0.29) is 24.3 Å². The van der Waals surface area contributed by atoms with Gasteiger partial charge in [-0.3, -0.25) is 14.8 Å². The van der Waals surface area contributed by atoms with Gasteiger partial charge in [0.15, 0.2) is 0 Å². The van der Waals surface area contributed by atoms with Crippen LogP contribution in [0, 0.1) is 11.8 Å². The summed E-state index contributed by atoms with van der Waals surface area (Å²) in [5, 5.41) is 7.36. The van der Waals surface area contributed by atoms with Gasteiger partial charge < -0.3 is 4.74 Å². The number of esters is 1. The molecular formula is C20H26ClN3O2. The maximum absolute atomic E-state index is 12.4. The number of likely N-dealkylation sites (tertiary alicyclic amines) is 1. The summed E-state index contributed by atoms with van der Waals surface area (Å²) in [7, 11) is 0. The Kier molecular flexibility index (Phi) is 5.99. The van der Waals surface area contributed by atoms with Gasteiger partial charge in [0.05, 0.1) is 18.7 Å². The second kappa shape index (κ2) is 8.23. The molecule has 140 valence electrons. The van der Waals surface area contributed by atoms with Crippen molar-refractivity contribution in [1.82, 2.24) is 15.1 Å². The molecule has 4 rings (SSSR count). The smallest absolute Gasteiger partial charge is 0.310 e. The molecule has 6 heteroatoms. The molecule has 0 saturated carbocycles. The van der Waals surface area contributed by atoms with Crippen LogP contribution in [0.1, 0.15) is 30.2 Å². The highest BCUT2D eigenvalue weighted by Crippen LogP contribution is 2.37. The van der Waals surface area contributed by atoms with Gasteiger partial charge in [-0.15, -0.1) is 12.4 Å². The highest BCUT2D eigenvalue weighted by molar-refractivity contribution is 5.85. The SMILES string of the molecule is CCOC(=O)C1CC2Cc3[nH]ncc3CC2N(Cc2ccccc2)C1.Cl. The standard InChI is InChI=1S/C20H25N3O2.ClH/c1-2-25-20(24)17-8-15-9-18-16(11-21-22-18)10-19(15)23(13-17)12-14-6-4-3-5-7-14;/h3-7,11,15,17,19H,2,8-10,12-13H2,1H3,(H,21,22);1H. The third-order valence-corrected chi connectivity index (χ3v) is 5.61. The molecule has 1 N–H and O–H groups in total. The van der Waals surface area contributed by atoms with Crippen LogP contribution in [0.25, 0.3) is 0 Å². The number of halogens is 1. The quantitative estimate of drug-likeness (QED) is 0.834. The third kappa shape index (κ3) is 3.79. The lowest BCUT2D eigenvalue weighted by atomic mass is 9.74. The number of carbonyl (C=O) groups is 1. The fraction of sp³-hybridized carbons (Fsp3) is 0.500. The number of aromatic nitrogens is 2. The third-order valence-electron chi connectivity index (χ3n) is 5.61. The number of H-pyrrole nitrogens is 1. The van der Waals surface area contributed by atoms with Crippen molar-refractivity contribution in [2.24, 2.45) is 11.8 Å². The van der Waals surface area contributed by atoms with Crippen molar-refractivity contribution in [3.63, 3.8) is 0 Å². The van der Waals surface area contributed by atoms with Crippen molar-refractivity contribution < 1.29 is 9.53 Å². The summed E-state index contributed by atoms with van der Waals surface area (Å²) < 4.78 is 5.33. The van der Waals surface area contributed by atoms with Gasteiger partial charge in [-0.05, 0) is 43.2 Å². The Morgan fingerprint density at radius 2 is 2.12 bits per heavy atom. The van der Waals surface area contributed by atoms with Gasteiger partial charge in [-0.25, -0.2) is 0 Å². The summed E-state index contributed by atoms with van der Waals surface area (Å²) in [6.45, 7) is 3.99. The van der Waals surface area contributed by atoms with Crippen molar-refractivity contribution in [2.45, 2.75) is 38.8 Å². The molecule has 3 unspecified atom stereocenters. The first-order valence-electron chi connectivity index (χ1n) is 9.20. The zero-order chi connectivity index (χ0) is 17.2. The first-order valence-corrected chi connectivity index (χ1v) is 9.20. The van der Waals surface area contributed by atoms with E-state index < -0.39 is 0 Å². The Morgan fingerprint density at radius 1 is 1.31 bits per heavy atom. The first-order chi connectivity index (χ1) is 12.2. The van der Waals surface area contributed by atoms with Crippen molar-refractivity contribution in [2.75, 3.05) is 13.2 Å². The lowest BCUT2D eigenvalue weighted by molar-refractivity contribution is -0.152. The molecule has 1 saturated heterocycles. The Hall–Kier alpha value is -1.85. The van der Waals surface area contributed by atoms with Crippen LogP contribution in [-0.2, 0) is 28.9 Å². The Morgan fingerprint density at radius 3 is 2.88 bits per heavy atom. The number of benzene rings is 1. The Bertz CT molecular complexity index is 734. The molecule has 1 aliphatic heterocycles. The van der Waals surface area contributed by atoms with Crippen LogP contribution in [0.5, 0.6) is 0 Å². The number of ether oxygens (including phenoxy) is 1. The van der Waals surface area contributed by atoms with Crippen molar-refractivity contribution in [3.8, 4) is 0 Å². The molecule has 0 spiro atoms. The summed E-state index contributed by atoms with van der Waals surface area (Å²) in [6, 6.07) is 11.0. The van der Waals surface area contributed by atoms with Gasteiger partial charge in [-0.1, -0.05) is 30.3 Å². The van der Waals surface area contributed by atoms with Crippen LogP contribution >= 0.6 is 12.4 Å². The van der Waals surface area contributed by atoms with Crippen LogP contribution < -0.4 is 0 Å². The fourth-order valence-corrected chi connectivity index (χ4v) is 4.44. The molecule has 2 aromatic rings. The van der Waals surface area contributed by atoms with Gasteiger partial charge >= 0.3 is 5.97 Å². The summed E-state index contributed by atoms with van der Waals surface area (Å²) in [5.74, 6) is 0.392. The van der Waals surface area contributed by atoms with Crippen LogP contribution in [-0.4, -0.2) is 40.3 Å². The lowest BCUT2D eigenvalue weighted by Crippen LogP contribution is -2.53. The molecule has 1 fully saturated rings. The molecule has 2 aliphatic rings. The topological polar surface area (TPSA) is 58.2 Å². The molecule has 26 heavy (non-hydrogen) atoms. The van der Waals surface area contributed by atoms with Gasteiger partial charge in [0.2, 0.25) is 0 Å². The van der Waals surface area contributed by atoms with E-state index in [0.717, 1.165) is 32.4 Å². The molecule has 1 aromatic carbocycles. The molecule has 2 heterocycles. The highest BCUT2D eigenvalue weighted by Gasteiger charge is 2.42. The van der Waals surface area contributed by atoms with Gasteiger partial charge in [0.25, 0.3) is 0 Å². The predicted molar refractivity (Wildman–Crippen MR) is 102 cm³/mol. The summed E-state index contributed by atoms with van der Waals surface area (Å²) in [4.78, 5) is 14.9. The minimum atomic E-state index is -0.0468. The highest BCUT2D eigenvalue weighted by atomic mass is 35.5. The number of rotatable bonds is 4. The van der Waals surface area contributed by atoms with E-state index in [9.17, 15) is 4.79 Å². The normalized spacial score (nSPS) is 24.9. The van der Waals surface area contributed by atoms with E-state index in [1.807, 2.05) is 19.2 Å². The molecule has 0 radical (unpaired) electrons. The zero-order valence-corrected chi connectivity index (χ0v) is 15.9. The number of fused-ring (bicyclic) bond motifs is 2. The van der Waals surface area contributed by atoms with Crippen LogP contribution in [0.3, 0.4) is 0 Å². The molecule has 5 nitrogen and oxygen atoms in total. The van der Waals surface area contributed by atoms with E-state index >= 15 is 0 Å². The van der Waals surface area contributed by atoms with E-state index in [2.05, 4.69) is 39.4 Å². The number of nitrogens with zero attached hydrogens (tertiary/aromatic N) is 2. The lowest BCUT2D eigenvalue weighted by Gasteiger charge is -2.46. The minimum absolute atomic E-state index is 0. The number of hydrogen-bond donors (Lipinski definition) is 1. The van der Waals surface area contributed by atoms with Gasteiger partial charge in [0, 0.05) is 24.8 Å². The number of aromatic amines is 1. The van der Waals surface area contributed by atoms with E-state index in [4.69, 9.17) is 4.74 Å². The van der Waals surface area contributed by atoms with Gasteiger partial charge in [0.1, 0.15) is 0 Å². The van der Waals surface area contributed by atoms with Crippen LogP contribution in [0.15, 0.2) is 36.5 Å². The van der Waals surface area contributed by atoms with E-state index in [1.54, 1.807) is 0 Å². The number of carbonyl (C=O) groups excluding carboxylic acids is 1. The van der Waals surface area contributed by atoms with Crippen molar-refractivity contribution >= 4 is 18.4 Å². The molecule has 1 aromatic heterocycles. The molecule has 1 aliphatic carbocycles. The summed E-state index contributed by atoms with van der Waals surface area (Å²) >= 11 is 0. The van der Waals surface area contributed by atoms with Crippen LogP contribution in [0.4, 0.5) is 0 Å². The first kappa shape index (κ1) is 18.9. The average molecular weight is 376 g/mol. The number of piperidine rings is 1. The Balaban J connectivity index is 0.00000196. The largest absolute Gasteiger partial charge is 0.466 e. The molecular weight excluding hydrogens is 350 g/mol. The maximum atomic E-state index is 12.4. The predicted octanol–water partition coefficient (Wildman–Crippen LogP) is 3.00. The summed E-state index contributed by atoms with van der Waals surface area (Å²) in [5.41, 5.74) is 3.86. The van der Waals surface area contributed by atoms with Gasteiger partial charge in [-0.2, -0.15) is 5.10 Å². The zero-order valence-electron chi connectivity index (χ0n) is 15.1. The molecule has 0 amide bonds. The van der Waals surface area contributed by atoms with E-state index in [1.165, 1.54) is 16.8 Å². The van der Waals surface area contributed by atoms with Crippen molar-refractivity contribution in [1.29, 1.82) is 0 Å². The Labute approximate surface area is 160 Å². The second-order valence-corrected chi connectivity index (χ2v) is 7.21. The average Bonchev–Trinajstić information content (AvgIpc) is 3.08. The minimum Gasteiger partial charge on any atom is -0.466 e. The van der Waals surface area contributed by atoms with E-state index in [0.29, 0.717) is 18.6 Å².